The number of aromatic nitrogens is 1. The first-order valence-electron chi connectivity index (χ1n) is 6.00. The van der Waals surface area contributed by atoms with Crippen molar-refractivity contribution in [2.24, 2.45) is 0 Å². The molecule has 1 aromatic carbocycles. The molecule has 2 aromatic rings. The van der Waals surface area contributed by atoms with Gasteiger partial charge in [0.1, 0.15) is 11.9 Å². The highest BCUT2D eigenvalue weighted by molar-refractivity contribution is 5.89. The van der Waals surface area contributed by atoms with E-state index in [2.05, 4.69) is 16.4 Å². The highest BCUT2D eigenvalue weighted by Gasteiger charge is 2.10. The molecule has 2 rings (SSSR count). The van der Waals surface area contributed by atoms with Crippen molar-refractivity contribution in [3.8, 4) is 6.07 Å². The Kier molecular flexibility index (Phi) is 3.67. The van der Waals surface area contributed by atoms with Gasteiger partial charge < -0.3 is 10.4 Å². The van der Waals surface area contributed by atoms with Gasteiger partial charge in [-0.3, -0.25) is 0 Å². The Balaban J connectivity index is 2.37. The third kappa shape index (κ3) is 2.59. The molecule has 100 valence electrons. The number of nitrogens with zero attached hydrogens (tertiary/aromatic N) is 2. The molecule has 0 unspecified atom stereocenters. The number of aromatic carboxylic acids is 1. The number of carboxylic acid groups (broad SMARTS) is 1. The summed E-state index contributed by atoms with van der Waals surface area (Å²) in [6, 6.07) is 10.7. The smallest absolute Gasteiger partial charge is 0.337 e. The van der Waals surface area contributed by atoms with Crippen molar-refractivity contribution >= 4 is 17.5 Å². The molecular weight excluding hydrogens is 254 g/mol. The van der Waals surface area contributed by atoms with Crippen molar-refractivity contribution in [3.63, 3.8) is 0 Å². The van der Waals surface area contributed by atoms with Crippen LogP contribution in [-0.2, 0) is 0 Å². The van der Waals surface area contributed by atoms with E-state index in [-0.39, 0.29) is 5.56 Å². The van der Waals surface area contributed by atoms with Crippen LogP contribution in [0.3, 0.4) is 0 Å². The number of carbonyl (C=O) groups is 1. The zero-order chi connectivity index (χ0) is 14.7. The van der Waals surface area contributed by atoms with Crippen LogP contribution in [0, 0.1) is 25.2 Å². The van der Waals surface area contributed by atoms with Crippen LogP contribution in [0.15, 0.2) is 30.3 Å². The van der Waals surface area contributed by atoms with Crippen molar-refractivity contribution in [2.45, 2.75) is 13.8 Å². The van der Waals surface area contributed by atoms with Crippen LogP contribution in [-0.4, -0.2) is 16.1 Å². The van der Waals surface area contributed by atoms with E-state index in [4.69, 9.17) is 10.4 Å². The van der Waals surface area contributed by atoms with Crippen LogP contribution in [0.2, 0.25) is 0 Å². The molecule has 0 aliphatic carbocycles. The van der Waals surface area contributed by atoms with Crippen molar-refractivity contribution in [1.82, 2.24) is 4.98 Å². The average molecular weight is 267 g/mol. The number of rotatable bonds is 3. The van der Waals surface area contributed by atoms with Gasteiger partial charge in [-0.15, -0.1) is 0 Å². The molecule has 0 radical (unpaired) electrons. The van der Waals surface area contributed by atoms with Crippen LogP contribution in [0.25, 0.3) is 0 Å². The summed E-state index contributed by atoms with van der Waals surface area (Å²) < 4.78 is 0. The Hall–Kier alpha value is -2.87. The third-order valence-electron chi connectivity index (χ3n) is 2.96. The summed E-state index contributed by atoms with van der Waals surface area (Å²) >= 11 is 0. The monoisotopic (exact) mass is 267 g/mol. The van der Waals surface area contributed by atoms with E-state index in [0.717, 1.165) is 5.56 Å². The maximum Gasteiger partial charge on any atom is 0.337 e. The van der Waals surface area contributed by atoms with Gasteiger partial charge in [-0.05, 0) is 37.6 Å². The minimum Gasteiger partial charge on any atom is -0.478 e. The average Bonchev–Trinajstić information content (AvgIpc) is 2.38. The molecule has 0 bridgehead atoms. The maximum atomic E-state index is 10.9. The van der Waals surface area contributed by atoms with Crippen LogP contribution in [0.1, 0.15) is 27.2 Å². The fourth-order valence-electron chi connectivity index (χ4n) is 1.92. The Labute approximate surface area is 116 Å². The highest BCUT2D eigenvalue weighted by Crippen LogP contribution is 2.22. The van der Waals surface area contributed by atoms with Crippen LogP contribution >= 0.6 is 0 Å². The van der Waals surface area contributed by atoms with Gasteiger partial charge in [0.15, 0.2) is 0 Å². The SMILES string of the molecule is Cc1cccc(Nc2ccc(C(=O)O)c(C)n2)c1C#N. The molecule has 0 aliphatic heterocycles. The number of benzene rings is 1. The minimum absolute atomic E-state index is 0.167. The number of nitrogens with one attached hydrogen (secondary N) is 1. The lowest BCUT2D eigenvalue weighted by Gasteiger charge is -2.10. The second kappa shape index (κ2) is 5.41. The van der Waals surface area contributed by atoms with Gasteiger partial charge in [0.05, 0.1) is 22.5 Å². The predicted molar refractivity (Wildman–Crippen MR) is 75.1 cm³/mol. The molecule has 0 atom stereocenters. The first kappa shape index (κ1) is 13.6. The van der Waals surface area contributed by atoms with E-state index in [1.165, 1.54) is 6.07 Å². The molecule has 0 saturated heterocycles. The van der Waals surface area contributed by atoms with E-state index in [0.29, 0.717) is 22.8 Å². The third-order valence-corrected chi connectivity index (χ3v) is 2.96. The number of carboxylic acids is 1. The first-order valence-corrected chi connectivity index (χ1v) is 6.00. The molecule has 0 aliphatic rings. The zero-order valence-corrected chi connectivity index (χ0v) is 11.1. The Morgan fingerprint density at radius 1 is 1.30 bits per heavy atom. The minimum atomic E-state index is -1.00. The van der Waals surface area contributed by atoms with Gasteiger partial charge in [0.25, 0.3) is 0 Å². The lowest BCUT2D eigenvalue weighted by molar-refractivity contribution is 0.0695. The summed E-state index contributed by atoms with van der Waals surface area (Å²) in [5.41, 5.74) is 2.67. The van der Waals surface area contributed by atoms with Gasteiger partial charge in [0.2, 0.25) is 0 Å². The maximum absolute atomic E-state index is 10.9. The molecule has 0 spiro atoms. The Morgan fingerprint density at radius 2 is 2.05 bits per heavy atom. The topological polar surface area (TPSA) is 86.0 Å². The number of hydrogen-bond donors (Lipinski definition) is 2. The van der Waals surface area contributed by atoms with Crippen molar-refractivity contribution in [2.75, 3.05) is 5.32 Å². The normalized spacial score (nSPS) is 9.85. The summed E-state index contributed by atoms with van der Waals surface area (Å²) in [5.74, 6) is -0.496. The van der Waals surface area contributed by atoms with Crippen molar-refractivity contribution < 1.29 is 9.90 Å². The number of nitriles is 1. The molecule has 5 nitrogen and oxygen atoms in total. The number of hydrogen-bond acceptors (Lipinski definition) is 4. The van der Waals surface area contributed by atoms with Gasteiger partial charge in [-0.1, -0.05) is 12.1 Å². The van der Waals surface area contributed by atoms with Crippen molar-refractivity contribution in [1.29, 1.82) is 5.26 Å². The fraction of sp³-hybridized carbons (Fsp3) is 0.133. The second-order valence-corrected chi connectivity index (χ2v) is 4.37. The van der Waals surface area contributed by atoms with Gasteiger partial charge >= 0.3 is 5.97 Å². The molecule has 20 heavy (non-hydrogen) atoms. The first-order chi connectivity index (χ1) is 9.52. The van der Waals surface area contributed by atoms with Crippen LogP contribution < -0.4 is 5.32 Å². The number of aryl methyl sites for hydroxylation is 2. The second-order valence-electron chi connectivity index (χ2n) is 4.37. The molecule has 1 aromatic heterocycles. The molecule has 5 heteroatoms. The van der Waals surface area contributed by atoms with Gasteiger partial charge in [-0.25, -0.2) is 9.78 Å². The van der Waals surface area contributed by atoms with Gasteiger partial charge in [0, 0.05) is 0 Å². The Morgan fingerprint density at radius 3 is 2.65 bits per heavy atom. The van der Waals surface area contributed by atoms with Gasteiger partial charge in [-0.2, -0.15) is 5.26 Å². The quantitative estimate of drug-likeness (QED) is 0.892. The van der Waals surface area contributed by atoms with Crippen LogP contribution in [0.5, 0.6) is 0 Å². The summed E-state index contributed by atoms with van der Waals surface area (Å²) in [6.07, 6.45) is 0. The lowest BCUT2D eigenvalue weighted by Crippen LogP contribution is -2.04. The summed E-state index contributed by atoms with van der Waals surface area (Å²) in [4.78, 5) is 15.1. The highest BCUT2D eigenvalue weighted by atomic mass is 16.4. The molecule has 2 N–H and O–H groups in total. The molecular formula is C15H13N3O2. The predicted octanol–water partition coefficient (Wildman–Crippen LogP) is 3.01. The number of pyridine rings is 1. The van der Waals surface area contributed by atoms with E-state index >= 15 is 0 Å². The molecule has 0 fully saturated rings. The summed E-state index contributed by atoms with van der Waals surface area (Å²) in [5, 5.41) is 21.2. The number of anilines is 2. The lowest BCUT2D eigenvalue weighted by atomic mass is 10.1. The Bertz CT molecular complexity index is 718. The summed E-state index contributed by atoms with van der Waals surface area (Å²) in [7, 11) is 0. The van der Waals surface area contributed by atoms with E-state index in [1.54, 1.807) is 19.1 Å². The van der Waals surface area contributed by atoms with E-state index in [9.17, 15) is 4.79 Å². The van der Waals surface area contributed by atoms with E-state index < -0.39 is 5.97 Å². The standard InChI is InChI=1S/C15H13N3O2/c1-9-4-3-5-13(12(9)8-16)18-14-7-6-11(15(19)20)10(2)17-14/h3-7H,1-2H3,(H,17,18)(H,19,20). The largest absolute Gasteiger partial charge is 0.478 e. The molecule has 0 saturated carbocycles. The van der Waals surface area contributed by atoms with Crippen molar-refractivity contribution in [3.05, 3.63) is 52.7 Å². The molecule has 0 amide bonds. The fourth-order valence-corrected chi connectivity index (χ4v) is 1.92. The van der Waals surface area contributed by atoms with E-state index in [1.807, 2.05) is 19.1 Å². The summed E-state index contributed by atoms with van der Waals surface area (Å²) in [6.45, 7) is 3.49. The van der Waals surface area contributed by atoms with Crippen LogP contribution in [0.4, 0.5) is 11.5 Å². The molecule has 1 heterocycles. The zero-order valence-electron chi connectivity index (χ0n) is 11.1.